The molecule has 2 aromatic rings. The average molecular weight is 563 g/mol. The minimum atomic E-state index is -0.475. The van der Waals surface area contributed by atoms with Gasteiger partial charge in [-0.25, -0.2) is 0 Å². The number of Topliss-reactive ketones (excluding diaryl/α,β-unsaturated/α-hetero) is 2. The van der Waals surface area contributed by atoms with Gasteiger partial charge in [0.1, 0.15) is 12.2 Å². The van der Waals surface area contributed by atoms with Crippen LogP contribution in [0.25, 0.3) is 10.9 Å². The molecule has 4 atom stereocenters. The lowest BCUT2D eigenvalue weighted by Gasteiger charge is -2.26. The molecule has 0 radical (unpaired) electrons. The van der Waals surface area contributed by atoms with Crippen molar-refractivity contribution in [2.24, 2.45) is 17.3 Å². The third-order valence-corrected chi connectivity index (χ3v) is 9.60. The smallest absolute Gasteiger partial charge is 0.245 e. The summed E-state index contributed by atoms with van der Waals surface area (Å²) in [5, 5.41) is 8.70. The molecule has 8 nitrogen and oxygen atoms in total. The minimum absolute atomic E-state index is 0.00835. The molecule has 0 spiro atoms. The van der Waals surface area contributed by atoms with Gasteiger partial charge in [-0.3, -0.25) is 23.9 Å². The first-order valence-corrected chi connectivity index (χ1v) is 15.7. The lowest BCUT2D eigenvalue weighted by molar-refractivity contribution is -0.139. The summed E-state index contributed by atoms with van der Waals surface area (Å²) in [6.45, 7) is 10.4. The Morgan fingerprint density at radius 1 is 1.17 bits per heavy atom. The molecule has 1 N–H and O–H groups in total. The number of nitrogens with zero attached hydrogens (tertiary/aromatic N) is 3. The lowest BCUT2D eigenvalue weighted by Crippen LogP contribution is -2.44. The Balaban J connectivity index is 1.57. The SMILES string of the molecule is CCC(=O)[C@@H]1C[C@]23CNC(=O)C[C@H](C)CCCCc4cc(CCC(C)C)cc5c(C(C)=O)nn(c45)CC(=O)N1[C@@H]2C3. The molecule has 1 saturated heterocycles. The van der Waals surface area contributed by atoms with Crippen LogP contribution in [0, 0.1) is 17.3 Å². The summed E-state index contributed by atoms with van der Waals surface area (Å²) < 4.78 is 1.73. The summed E-state index contributed by atoms with van der Waals surface area (Å²) in [6, 6.07) is 3.81. The maximum Gasteiger partial charge on any atom is 0.245 e. The summed E-state index contributed by atoms with van der Waals surface area (Å²) in [4.78, 5) is 54.4. The van der Waals surface area contributed by atoms with Crippen molar-refractivity contribution in [3.8, 4) is 0 Å². The number of carbonyl (C=O) groups excluding carboxylic acids is 4. The first-order valence-electron chi connectivity index (χ1n) is 15.7. The van der Waals surface area contributed by atoms with Gasteiger partial charge in [0.2, 0.25) is 11.8 Å². The van der Waals surface area contributed by atoms with Gasteiger partial charge in [-0.1, -0.05) is 46.6 Å². The Labute approximate surface area is 243 Å². The summed E-state index contributed by atoms with van der Waals surface area (Å²) >= 11 is 0. The van der Waals surface area contributed by atoms with Gasteiger partial charge in [-0.15, -0.1) is 0 Å². The van der Waals surface area contributed by atoms with Crippen LogP contribution in [0.1, 0.15) is 108 Å². The Morgan fingerprint density at radius 3 is 2.66 bits per heavy atom. The van der Waals surface area contributed by atoms with E-state index in [0.717, 1.165) is 61.4 Å². The molecule has 2 aliphatic heterocycles. The maximum absolute atomic E-state index is 14.0. The Bertz CT molecular complexity index is 1360. The monoisotopic (exact) mass is 562 g/mol. The van der Waals surface area contributed by atoms with Crippen LogP contribution in [0.2, 0.25) is 0 Å². The lowest BCUT2D eigenvalue weighted by atomic mass is 9.94. The summed E-state index contributed by atoms with van der Waals surface area (Å²) in [7, 11) is 0. The van der Waals surface area contributed by atoms with Gasteiger partial charge < -0.3 is 10.2 Å². The van der Waals surface area contributed by atoms with Crippen molar-refractivity contribution in [3.05, 3.63) is 29.0 Å². The number of aryl methyl sites for hydroxylation is 2. The quantitative estimate of drug-likeness (QED) is 0.498. The molecule has 1 aliphatic carbocycles. The average Bonchev–Trinajstić information content (AvgIpc) is 3.33. The van der Waals surface area contributed by atoms with E-state index in [9.17, 15) is 19.2 Å². The van der Waals surface area contributed by atoms with Gasteiger partial charge in [0.05, 0.1) is 11.6 Å². The number of hydrogen-bond acceptors (Lipinski definition) is 5. The minimum Gasteiger partial charge on any atom is -0.355 e. The zero-order chi connectivity index (χ0) is 29.5. The molecular formula is C33H46N4O4. The number of piperidine rings is 1. The highest BCUT2D eigenvalue weighted by atomic mass is 16.2. The first-order chi connectivity index (χ1) is 19.5. The molecule has 5 rings (SSSR count). The molecule has 2 fully saturated rings. The van der Waals surface area contributed by atoms with Crippen molar-refractivity contribution in [1.29, 1.82) is 0 Å². The van der Waals surface area contributed by atoms with Crippen LogP contribution in [-0.2, 0) is 33.8 Å². The molecular weight excluding hydrogens is 516 g/mol. The number of hydrogen-bond donors (Lipinski definition) is 1. The van der Waals surface area contributed by atoms with Crippen molar-refractivity contribution >= 4 is 34.3 Å². The van der Waals surface area contributed by atoms with Crippen molar-refractivity contribution < 1.29 is 19.2 Å². The molecule has 41 heavy (non-hydrogen) atoms. The summed E-state index contributed by atoms with van der Waals surface area (Å²) in [5.41, 5.74) is 3.36. The molecule has 1 aromatic carbocycles. The number of aromatic nitrogens is 2. The fourth-order valence-corrected chi connectivity index (χ4v) is 7.17. The van der Waals surface area contributed by atoms with E-state index in [1.54, 1.807) is 9.58 Å². The molecule has 8 heteroatoms. The van der Waals surface area contributed by atoms with Crippen molar-refractivity contribution in [1.82, 2.24) is 20.0 Å². The highest BCUT2D eigenvalue weighted by molar-refractivity contribution is 6.06. The fourth-order valence-electron chi connectivity index (χ4n) is 7.17. The van der Waals surface area contributed by atoms with Crippen LogP contribution in [-0.4, -0.2) is 56.7 Å². The molecule has 1 saturated carbocycles. The molecule has 222 valence electrons. The summed E-state index contributed by atoms with van der Waals surface area (Å²) in [5.74, 6) is 0.713. The van der Waals surface area contributed by atoms with E-state index in [-0.39, 0.29) is 47.3 Å². The van der Waals surface area contributed by atoms with Crippen LogP contribution in [0.4, 0.5) is 0 Å². The van der Waals surface area contributed by atoms with Gasteiger partial charge in [-0.05, 0) is 67.6 Å². The van der Waals surface area contributed by atoms with E-state index in [2.05, 4.69) is 38.2 Å². The fraction of sp³-hybridized carbons (Fsp3) is 0.667. The van der Waals surface area contributed by atoms with Gasteiger partial charge in [0, 0.05) is 43.2 Å². The Morgan fingerprint density at radius 2 is 1.95 bits per heavy atom. The number of rotatable bonds is 6. The third-order valence-electron chi connectivity index (χ3n) is 9.60. The van der Waals surface area contributed by atoms with E-state index in [1.165, 1.54) is 12.5 Å². The highest BCUT2D eigenvalue weighted by Gasteiger charge is 2.66. The second-order valence-electron chi connectivity index (χ2n) is 13.4. The zero-order valence-corrected chi connectivity index (χ0v) is 25.4. The first kappa shape index (κ1) is 29.5. The molecule has 0 unspecified atom stereocenters. The maximum atomic E-state index is 14.0. The van der Waals surface area contributed by atoms with Crippen LogP contribution < -0.4 is 5.32 Å². The van der Waals surface area contributed by atoms with Crippen molar-refractivity contribution in [2.75, 3.05) is 6.54 Å². The van der Waals surface area contributed by atoms with E-state index in [4.69, 9.17) is 5.10 Å². The van der Waals surface area contributed by atoms with E-state index < -0.39 is 6.04 Å². The Hall–Kier alpha value is -3.03. The van der Waals surface area contributed by atoms with Crippen molar-refractivity contribution in [2.45, 2.75) is 117 Å². The molecule has 3 heterocycles. The number of carbonyl (C=O) groups is 4. The van der Waals surface area contributed by atoms with E-state index >= 15 is 0 Å². The number of benzene rings is 1. The standard InChI is InChI=1S/C33H46N4O4/c1-6-27(39)26-16-33-17-28(33)37(26)30(41)18-36-32-24(10-8-7-9-21(4)13-29(40)34-19-33)14-23(12-11-20(2)3)15-25(32)31(35-36)22(5)38/h14-15,20-21,26,28H,6-13,16-19H2,1-5H3,(H,34,40)/t21-,26+,28-,33+/m1/s1. The predicted molar refractivity (Wildman–Crippen MR) is 159 cm³/mol. The van der Waals surface area contributed by atoms with Crippen molar-refractivity contribution in [3.63, 3.8) is 0 Å². The zero-order valence-electron chi connectivity index (χ0n) is 25.4. The van der Waals surface area contributed by atoms with Crippen LogP contribution in [0.5, 0.6) is 0 Å². The van der Waals surface area contributed by atoms with Crippen LogP contribution in [0.3, 0.4) is 0 Å². The van der Waals surface area contributed by atoms with Gasteiger partial charge in [0.15, 0.2) is 11.6 Å². The molecule has 2 bridgehead atoms. The summed E-state index contributed by atoms with van der Waals surface area (Å²) in [6.07, 6.45) is 7.95. The number of ketones is 2. The third kappa shape index (κ3) is 5.98. The molecule has 2 amide bonds. The van der Waals surface area contributed by atoms with Gasteiger partial charge in [0.25, 0.3) is 0 Å². The van der Waals surface area contributed by atoms with Crippen LogP contribution in [0.15, 0.2) is 12.1 Å². The molecule has 3 aliphatic rings. The van der Waals surface area contributed by atoms with Gasteiger partial charge >= 0.3 is 0 Å². The highest BCUT2D eigenvalue weighted by Crippen LogP contribution is 2.59. The second-order valence-corrected chi connectivity index (χ2v) is 13.4. The predicted octanol–water partition coefficient (Wildman–Crippen LogP) is 5.04. The topological polar surface area (TPSA) is 101 Å². The normalized spacial score (nSPS) is 27.1. The van der Waals surface area contributed by atoms with E-state index in [1.807, 2.05) is 6.92 Å². The van der Waals surface area contributed by atoms with Gasteiger partial charge in [-0.2, -0.15) is 5.10 Å². The van der Waals surface area contributed by atoms with E-state index in [0.29, 0.717) is 37.4 Å². The second kappa shape index (κ2) is 11.7. The number of nitrogens with one attached hydrogen (secondary N) is 1. The largest absolute Gasteiger partial charge is 0.355 e. The number of amides is 2. The van der Waals surface area contributed by atoms with Crippen LogP contribution >= 0.6 is 0 Å². The Kier molecular flexibility index (Phi) is 8.40. The molecule has 1 aromatic heterocycles.